The summed E-state index contributed by atoms with van der Waals surface area (Å²) in [6.45, 7) is 5.70. The van der Waals surface area contributed by atoms with Gasteiger partial charge in [0.2, 0.25) is 0 Å². The fraction of sp³-hybridized carbons (Fsp3) is 0.135. The smallest absolute Gasteiger partial charge is 0.407 e. The van der Waals surface area contributed by atoms with E-state index < -0.39 is 11.7 Å². The van der Waals surface area contributed by atoms with Crippen LogP contribution < -0.4 is 15.3 Å². The van der Waals surface area contributed by atoms with E-state index in [0.717, 1.165) is 22.2 Å². The van der Waals surface area contributed by atoms with Crippen LogP contribution in [0.5, 0.6) is 0 Å². The second-order valence-electron chi connectivity index (χ2n) is 11.6. The normalized spacial score (nSPS) is 11.2. The molecule has 0 aliphatic heterocycles. The number of para-hydroxylation sites is 1. The largest absolute Gasteiger partial charge is 0.444 e. The summed E-state index contributed by atoms with van der Waals surface area (Å²) >= 11 is 0. The lowest BCUT2D eigenvalue weighted by Gasteiger charge is -2.35. The van der Waals surface area contributed by atoms with Crippen LogP contribution in [0.15, 0.2) is 134 Å². The Kier molecular flexibility index (Phi) is 8.47. The Hall–Kier alpha value is -5.96. The highest BCUT2D eigenvalue weighted by molar-refractivity contribution is 6.08. The van der Waals surface area contributed by atoms with Crippen molar-refractivity contribution in [3.63, 3.8) is 0 Å². The SMILES string of the molecule is CC(C)(C)OC(=O)NCc1ccc(C(=O)N(c2ccccc2)N(c2ccc(-c3ccccc3)cc2)c2nccc3ccnn23)cc1. The lowest BCUT2D eigenvalue weighted by atomic mass is 10.1. The monoisotopic (exact) mass is 610 g/mol. The number of aromatic nitrogens is 3. The molecular weight excluding hydrogens is 576 g/mol. The molecule has 6 rings (SSSR count). The van der Waals surface area contributed by atoms with Crippen LogP contribution in [0.25, 0.3) is 16.6 Å². The van der Waals surface area contributed by atoms with Gasteiger partial charge in [0.05, 0.1) is 23.1 Å². The highest BCUT2D eigenvalue weighted by Crippen LogP contribution is 2.33. The summed E-state index contributed by atoms with van der Waals surface area (Å²) in [6, 6.07) is 38.5. The lowest BCUT2D eigenvalue weighted by molar-refractivity contribution is 0.0523. The van der Waals surface area contributed by atoms with Crippen LogP contribution in [0.1, 0.15) is 36.7 Å². The minimum absolute atomic E-state index is 0.261. The van der Waals surface area contributed by atoms with Gasteiger partial charge in [-0.05, 0) is 86.0 Å². The topological polar surface area (TPSA) is 92.1 Å². The minimum Gasteiger partial charge on any atom is -0.444 e. The van der Waals surface area contributed by atoms with Crippen LogP contribution in [0.3, 0.4) is 0 Å². The Balaban J connectivity index is 1.39. The molecule has 0 atom stereocenters. The van der Waals surface area contributed by atoms with E-state index >= 15 is 0 Å². The van der Waals surface area contributed by atoms with Gasteiger partial charge in [-0.3, -0.25) is 4.79 Å². The standard InChI is InChI=1S/C37H34N6O3/c1-37(2,3)46-36(45)39-26-27-14-16-30(17-15-27)34(44)42(32-12-8-5-9-13-32)43(35-38-24-22-31-23-25-40-41(31)35)33-20-18-29(19-21-33)28-10-6-4-7-11-28/h4-25H,26H2,1-3H3,(H,39,45). The molecule has 0 aliphatic rings. The van der Waals surface area contributed by atoms with E-state index in [0.29, 0.717) is 22.9 Å². The summed E-state index contributed by atoms with van der Waals surface area (Å²) in [5, 5.41) is 10.7. The molecule has 6 aromatic rings. The number of nitrogens with zero attached hydrogens (tertiary/aromatic N) is 5. The maximum absolute atomic E-state index is 14.6. The summed E-state index contributed by atoms with van der Waals surface area (Å²) in [6.07, 6.45) is 2.91. The van der Waals surface area contributed by atoms with Gasteiger partial charge in [-0.2, -0.15) is 9.61 Å². The van der Waals surface area contributed by atoms with Crippen molar-refractivity contribution in [3.05, 3.63) is 145 Å². The van der Waals surface area contributed by atoms with Gasteiger partial charge < -0.3 is 10.1 Å². The number of fused-ring (bicyclic) bond motifs is 1. The Morgan fingerprint density at radius 2 is 1.37 bits per heavy atom. The Morgan fingerprint density at radius 1 is 0.739 bits per heavy atom. The molecule has 0 unspecified atom stereocenters. The second-order valence-corrected chi connectivity index (χ2v) is 11.6. The number of hydrogen-bond acceptors (Lipinski definition) is 6. The van der Waals surface area contributed by atoms with E-state index in [2.05, 4.69) is 22.5 Å². The zero-order chi connectivity index (χ0) is 32.1. The zero-order valence-corrected chi connectivity index (χ0v) is 25.9. The van der Waals surface area contributed by atoms with Crippen LogP contribution in [0.2, 0.25) is 0 Å². The van der Waals surface area contributed by atoms with Gasteiger partial charge in [0.25, 0.3) is 11.9 Å². The first kappa shape index (κ1) is 30.1. The molecule has 0 fully saturated rings. The number of carbonyl (C=O) groups is 2. The van der Waals surface area contributed by atoms with Gasteiger partial charge in [-0.1, -0.05) is 72.8 Å². The average molecular weight is 611 g/mol. The highest BCUT2D eigenvalue weighted by atomic mass is 16.6. The van der Waals surface area contributed by atoms with Crippen molar-refractivity contribution < 1.29 is 14.3 Å². The molecular formula is C37H34N6O3. The van der Waals surface area contributed by atoms with Gasteiger partial charge in [-0.25, -0.2) is 19.8 Å². The van der Waals surface area contributed by atoms with E-state index in [1.54, 1.807) is 39.1 Å². The Labute approximate surface area is 267 Å². The summed E-state index contributed by atoms with van der Waals surface area (Å²) in [5.41, 5.74) is 5.00. The first-order valence-electron chi connectivity index (χ1n) is 15.0. The van der Waals surface area contributed by atoms with Gasteiger partial charge in [0, 0.05) is 18.3 Å². The summed E-state index contributed by atoms with van der Waals surface area (Å²) in [5.74, 6) is 0.154. The Morgan fingerprint density at radius 3 is 2.04 bits per heavy atom. The number of alkyl carbamates (subject to hydrolysis) is 1. The van der Waals surface area contributed by atoms with E-state index in [1.165, 1.54) is 0 Å². The number of ether oxygens (including phenoxy) is 1. The number of anilines is 3. The fourth-order valence-electron chi connectivity index (χ4n) is 5.00. The van der Waals surface area contributed by atoms with E-state index in [-0.39, 0.29) is 12.5 Å². The van der Waals surface area contributed by atoms with Gasteiger partial charge in [-0.15, -0.1) is 0 Å². The third-order valence-electron chi connectivity index (χ3n) is 7.13. The van der Waals surface area contributed by atoms with Crippen molar-refractivity contribution in [3.8, 4) is 11.1 Å². The number of amides is 2. The van der Waals surface area contributed by atoms with Crippen molar-refractivity contribution in [2.45, 2.75) is 32.9 Å². The Bertz CT molecular complexity index is 1930. The fourth-order valence-corrected chi connectivity index (χ4v) is 5.00. The molecule has 9 nitrogen and oxygen atoms in total. The molecule has 0 bridgehead atoms. The van der Waals surface area contributed by atoms with E-state index in [9.17, 15) is 9.59 Å². The molecule has 0 radical (unpaired) electrons. The van der Waals surface area contributed by atoms with Crippen molar-refractivity contribution in [1.29, 1.82) is 0 Å². The highest BCUT2D eigenvalue weighted by Gasteiger charge is 2.29. The van der Waals surface area contributed by atoms with Crippen molar-refractivity contribution in [2.75, 3.05) is 10.0 Å². The molecule has 2 heterocycles. The van der Waals surface area contributed by atoms with Crippen LogP contribution in [-0.2, 0) is 11.3 Å². The van der Waals surface area contributed by atoms with Crippen LogP contribution >= 0.6 is 0 Å². The quantitative estimate of drug-likeness (QED) is 0.177. The molecule has 2 aromatic heterocycles. The third kappa shape index (κ3) is 6.73. The number of rotatable bonds is 8. The average Bonchev–Trinajstić information content (AvgIpc) is 3.56. The van der Waals surface area contributed by atoms with Crippen molar-refractivity contribution in [1.82, 2.24) is 19.9 Å². The molecule has 1 N–H and O–H groups in total. The zero-order valence-electron chi connectivity index (χ0n) is 25.9. The molecule has 0 spiro atoms. The summed E-state index contributed by atoms with van der Waals surface area (Å²) in [7, 11) is 0. The van der Waals surface area contributed by atoms with Crippen molar-refractivity contribution in [2.24, 2.45) is 0 Å². The summed E-state index contributed by atoms with van der Waals surface area (Å²) < 4.78 is 7.05. The molecule has 4 aromatic carbocycles. The van der Waals surface area contributed by atoms with Crippen molar-refractivity contribution >= 4 is 34.8 Å². The van der Waals surface area contributed by atoms with Crippen LogP contribution in [0, 0.1) is 0 Å². The second kappa shape index (κ2) is 13.0. The lowest BCUT2D eigenvalue weighted by Crippen LogP contribution is -2.45. The molecule has 46 heavy (non-hydrogen) atoms. The number of carbonyl (C=O) groups excluding carboxylic acids is 2. The molecule has 0 saturated heterocycles. The molecule has 0 saturated carbocycles. The van der Waals surface area contributed by atoms with Crippen LogP contribution in [-0.4, -0.2) is 32.2 Å². The minimum atomic E-state index is -0.593. The van der Waals surface area contributed by atoms with Crippen LogP contribution in [0.4, 0.5) is 22.1 Å². The first-order valence-corrected chi connectivity index (χ1v) is 15.0. The maximum Gasteiger partial charge on any atom is 0.407 e. The van der Waals surface area contributed by atoms with Gasteiger partial charge in [0.1, 0.15) is 5.60 Å². The van der Waals surface area contributed by atoms with E-state index in [1.807, 2.05) is 118 Å². The van der Waals surface area contributed by atoms with Gasteiger partial charge >= 0.3 is 6.09 Å². The number of benzene rings is 4. The summed E-state index contributed by atoms with van der Waals surface area (Å²) in [4.78, 5) is 31.4. The number of hydrazine groups is 1. The third-order valence-corrected chi connectivity index (χ3v) is 7.13. The first-order chi connectivity index (χ1) is 22.3. The molecule has 0 aliphatic carbocycles. The molecule has 2 amide bonds. The number of nitrogens with one attached hydrogen (secondary N) is 1. The number of hydrogen-bond donors (Lipinski definition) is 1. The predicted molar refractivity (Wildman–Crippen MR) is 180 cm³/mol. The molecule has 230 valence electrons. The maximum atomic E-state index is 14.6. The van der Waals surface area contributed by atoms with Gasteiger partial charge in [0.15, 0.2) is 0 Å². The molecule has 9 heteroatoms. The van der Waals surface area contributed by atoms with E-state index in [4.69, 9.17) is 9.72 Å². The predicted octanol–water partition coefficient (Wildman–Crippen LogP) is 7.82.